The van der Waals surface area contributed by atoms with Gasteiger partial charge in [-0.25, -0.2) is 17.7 Å². The minimum Gasteiger partial charge on any atom is -0.303 e. The fourth-order valence-corrected chi connectivity index (χ4v) is 3.02. The van der Waals surface area contributed by atoms with Crippen LogP contribution in [0.5, 0.6) is 0 Å². The van der Waals surface area contributed by atoms with Crippen LogP contribution in [0.4, 0.5) is 0 Å². The number of hydrogen-bond donors (Lipinski definition) is 0. The minimum absolute atomic E-state index is 0.178. The van der Waals surface area contributed by atoms with Gasteiger partial charge in [-0.3, -0.25) is 0 Å². The van der Waals surface area contributed by atoms with Gasteiger partial charge in [0.25, 0.3) is 0 Å². The largest absolute Gasteiger partial charge is 0.303 e. The topological polar surface area (TPSA) is 57.9 Å². The molecule has 0 aliphatic carbocycles. The number of nitrogens with zero attached hydrogens (tertiary/aromatic N) is 4. The molecule has 0 saturated carbocycles. The predicted molar refractivity (Wildman–Crippen MR) is 83.6 cm³/mol. The molecule has 2 aromatic heterocycles. The fraction of sp³-hybridized carbons (Fsp3) is 0.500. The average Bonchev–Trinajstić information content (AvgIpc) is 2.82. The van der Waals surface area contributed by atoms with Gasteiger partial charge in [-0.05, 0) is 32.1 Å². The van der Waals surface area contributed by atoms with E-state index in [1.165, 1.54) is 4.31 Å². The molecule has 0 N–H and O–H groups in total. The van der Waals surface area contributed by atoms with E-state index in [1.807, 2.05) is 42.0 Å². The molecular weight excluding hydrogens is 288 g/mol. The molecule has 0 fully saturated rings. The van der Waals surface area contributed by atoms with Gasteiger partial charge >= 0.3 is 0 Å². The van der Waals surface area contributed by atoms with Crippen LogP contribution < -0.4 is 0 Å². The maximum Gasteiger partial charge on any atom is 0.213 e. The van der Waals surface area contributed by atoms with E-state index in [9.17, 15) is 8.42 Å². The Morgan fingerprint density at radius 3 is 2.71 bits per heavy atom. The van der Waals surface area contributed by atoms with Crippen LogP contribution in [0.3, 0.4) is 0 Å². The van der Waals surface area contributed by atoms with Crippen molar-refractivity contribution in [3.8, 4) is 0 Å². The zero-order chi connectivity index (χ0) is 15.5. The van der Waals surface area contributed by atoms with Crippen molar-refractivity contribution in [2.24, 2.45) is 0 Å². The Hall–Kier alpha value is -1.44. The lowest BCUT2D eigenvalue weighted by Crippen LogP contribution is -2.28. The van der Waals surface area contributed by atoms with E-state index in [-0.39, 0.29) is 5.75 Å². The zero-order valence-electron chi connectivity index (χ0n) is 12.7. The third-order valence-corrected chi connectivity index (χ3v) is 5.34. The minimum atomic E-state index is -3.10. The van der Waals surface area contributed by atoms with Gasteiger partial charge in [0, 0.05) is 26.8 Å². The lowest BCUT2D eigenvalue weighted by molar-refractivity contribution is 0.322. The Kier molecular flexibility index (Phi) is 4.97. The molecule has 21 heavy (non-hydrogen) atoms. The second-order valence-corrected chi connectivity index (χ2v) is 7.67. The fourth-order valence-electron chi connectivity index (χ4n) is 2.16. The zero-order valence-corrected chi connectivity index (χ0v) is 13.5. The summed E-state index contributed by atoms with van der Waals surface area (Å²) in [5, 5.41) is 0. The summed E-state index contributed by atoms with van der Waals surface area (Å²) in [7, 11) is 2.02. The Balaban J connectivity index is 1.89. The molecule has 0 spiro atoms. The van der Waals surface area contributed by atoms with Crippen LogP contribution in [-0.2, 0) is 16.6 Å². The van der Waals surface area contributed by atoms with Crippen molar-refractivity contribution in [3.63, 3.8) is 0 Å². The number of fused-ring (bicyclic) bond motifs is 1. The lowest BCUT2D eigenvalue weighted by Gasteiger charge is -2.17. The van der Waals surface area contributed by atoms with E-state index < -0.39 is 10.0 Å². The summed E-state index contributed by atoms with van der Waals surface area (Å²) < 4.78 is 26.7. The predicted octanol–water partition coefficient (Wildman–Crippen LogP) is 1.05. The number of pyridine rings is 1. The first kappa shape index (κ1) is 15.9. The summed E-state index contributed by atoms with van der Waals surface area (Å²) in [6.07, 6.45) is 4.47. The molecule has 2 aromatic rings. The molecule has 0 amide bonds. The van der Waals surface area contributed by atoms with Gasteiger partial charge in [0.1, 0.15) is 5.65 Å². The second kappa shape index (κ2) is 6.55. The molecule has 2 heterocycles. The van der Waals surface area contributed by atoms with E-state index in [1.54, 1.807) is 14.1 Å². The average molecular weight is 310 g/mol. The molecule has 0 radical (unpaired) electrons. The van der Waals surface area contributed by atoms with Gasteiger partial charge in [0.15, 0.2) is 0 Å². The molecule has 0 atom stereocenters. The van der Waals surface area contributed by atoms with Crippen LogP contribution in [0.1, 0.15) is 12.1 Å². The molecule has 0 unspecified atom stereocenters. The highest BCUT2D eigenvalue weighted by Gasteiger charge is 2.13. The first-order valence-electron chi connectivity index (χ1n) is 6.90. The highest BCUT2D eigenvalue weighted by atomic mass is 32.2. The first-order valence-corrected chi connectivity index (χ1v) is 8.51. The normalized spacial score (nSPS) is 12.6. The Labute approximate surface area is 126 Å². The number of hydrogen-bond acceptors (Lipinski definition) is 4. The molecule has 0 aliphatic heterocycles. The molecule has 6 nitrogen and oxygen atoms in total. The summed E-state index contributed by atoms with van der Waals surface area (Å²) in [5.41, 5.74) is 2.03. The highest BCUT2D eigenvalue weighted by Crippen LogP contribution is 2.08. The van der Waals surface area contributed by atoms with Gasteiger partial charge in [0.2, 0.25) is 10.0 Å². The molecule has 2 rings (SSSR count). The third-order valence-electron chi connectivity index (χ3n) is 3.42. The molecule has 0 aromatic carbocycles. The molecule has 116 valence electrons. The van der Waals surface area contributed by atoms with Crippen LogP contribution in [-0.4, -0.2) is 60.4 Å². The molecule has 7 heteroatoms. The summed E-state index contributed by atoms with van der Waals surface area (Å²) in [6, 6.07) is 5.90. The van der Waals surface area contributed by atoms with Crippen molar-refractivity contribution < 1.29 is 8.42 Å². The molecule has 0 aliphatic rings. The van der Waals surface area contributed by atoms with Crippen LogP contribution >= 0.6 is 0 Å². The van der Waals surface area contributed by atoms with Crippen molar-refractivity contribution >= 4 is 15.7 Å². The van der Waals surface area contributed by atoms with Crippen molar-refractivity contribution in [1.82, 2.24) is 18.6 Å². The van der Waals surface area contributed by atoms with Gasteiger partial charge in [0.05, 0.1) is 17.6 Å². The van der Waals surface area contributed by atoms with E-state index in [2.05, 4.69) is 9.88 Å². The molecular formula is C14H22N4O2S. The van der Waals surface area contributed by atoms with E-state index in [0.29, 0.717) is 6.42 Å². The van der Waals surface area contributed by atoms with Gasteiger partial charge in [-0.15, -0.1) is 0 Å². The van der Waals surface area contributed by atoms with Gasteiger partial charge in [-0.2, -0.15) is 0 Å². The highest BCUT2D eigenvalue weighted by molar-refractivity contribution is 7.89. The quantitative estimate of drug-likeness (QED) is 0.767. The summed E-state index contributed by atoms with van der Waals surface area (Å²) in [4.78, 5) is 6.46. The maximum absolute atomic E-state index is 11.7. The van der Waals surface area contributed by atoms with Crippen LogP contribution in [0.25, 0.3) is 5.65 Å². The summed E-state index contributed by atoms with van der Waals surface area (Å²) >= 11 is 0. The first-order chi connectivity index (χ1) is 9.90. The second-order valence-electron chi connectivity index (χ2n) is 5.37. The monoisotopic (exact) mass is 310 g/mol. The van der Waals surface area contributed by atoms with Crippen LogP contribution in [0.15, 0.2) is 30.6 Å². The summed E-state index contributed by atoms with van der Waals surface area (Å²) in [6.45, 7) is 1.47. The van der Waals surface area contributed by atoms with Crippen molar-refractivity contribution in [2.45, 2.75) is 13.0 Å². The van der Waals surface area contributed by atoms with E-state index in [0.717, 1.165) is 24.4 Å². The van der Waals surface area contributed by atoms with Gasteiger partial charge in [-0.1, -0.05) is 6.07 Å². The standard InChI is InChI=1S/C14H22N4O2S/c1-16(2)21(19,20)10-6-8-17(3)12-13-11-15-14-7-4-5-9-18(13)14/h4-5,7,9,11H,6,8,10,12H2,1-3H3. The van der Waals surface area contributed by atoms with Crippen LogP contribution in [0.2, 0.25) is 0 Å². The lowest BCUT2D eigenvalue weighted by atomic mass is 10.3. The smallest absolute Gasteiger partial charge is 0.213 e. The van der Waals surface area contributed by atoms with Gasteiger partial charge < -0.3 is 9.30 Å². The summed E-state index contributed by atoms with van der Waals surface area (Å²) in [5.74, 6) is 0.178. The number of rotatable bonds is 7. The van der Waals surface area contributed by atoms with Crippen molar-refractivity contribution in [3.05, 3.63) is 36.3 Å². The number of imidazole rings is 1. The SMILES string of the molecule is CN(CCCS(=O)(=O)N(C)C)Cc1cnc2ccccn12. The molecule has 0 bridgehead atoms. The Morgan fingerprint density at radius 2 is 2.00 bits per heavy atom. The van der Waals surface area contributed by atoms with E-state index >= 15 is 0 Å². The van der Waals surface area contributed by atoms with Crippen molar-refractivity contribution in [1.29, 1.82) is 0 Å². The van der Waals surface area contributed by atoms with Crippen LogP contribution in [0, 0.1) is 0 Å². The Morgan fingerprint density at radius 1 is 1.24 bits per heavy atom. The van der Waals surface area contributed by atoms with Crippen molar-refractivity contribution in [2.75, 3.05) is 33.4 Å². The third kappa shape index (κ3) is 4.03. The van der Waals surface area contributed by atoms with E-state index in [4.69, 9.17) is 0 Å². The molecule has 0 saturated heterocycles. The Bertz CT molecular complexity index is 694. The number of aromatic nitrogens is 2. The number of sulfonamides is 1. The maximum atomic E-state index is 11.7.